The van der Waals surface area contributed by atoms with Crippen LogP contribution in [0.4, 0.5) is 17.1 Å². The molecule has 20 heavy (non-hydrogen) atoms. The van der Waals surface area contributed by atoms with Crippen molar-refractivity contribution in [2.45, 2.75) is 0 Å². The Morgan fingerprint density at radius 2 is 2.00 bits per heavy atom. The Morgan fingerprint density at radius 1 is 1.35 bits per heavy atom. The number of nitrogens with zero attached hydrogens (tertiary/aromatic N) is 2. The minimum absolute atomic E-state index is 0.159. The quantitative estimate of drug-likeness (QED) is 0.652. The van der Waals surface area contributed by atoms with Crippen LogP contribution in [0.5, 0.6) is 0 Å². The molecule has 1 saturated heterocycles. The number of nitrogens with one attached hydrogen (secondary N) is 1. The van der Waals surface area contributed by atoms with Crippen molar-refractivity contribution in [1.82, 2.24) is 0 Å². The van der Waals surface area contributed by atoms with Crippen LogP contribution in [-0.4, -0.2) is 45.9 Å². The number of morpholine rings is 1. The number of hydrogen-bond acceptors (Lipinski definition) is 6. The molecule has 0 spiro atoms. The number of hydrogen-bond donors (Lipinski definition) is 1. The fourth-order valence-electron chi connectivity index (χ4n) is 2.00. The Morgan fingerprint density at radius 3 is 2.55 bits per heavy atom. The third-order valence-corrected chi connectivity index (χ3v) is 3.43. The minimum atomic E-state index is -3.51. The van der Waals surface area contributed by atoms with Gasteiger partial charge in [0.15, 0.2) is 0 Å². The first-order chi connectivity index (χ1) is 9.37. The van der Waals surface area contributed by atoms with Crippen LogP contribution < -0.4 is 9.62 Å². The van der Waals surface area contributed by atoms with Crippen LogP contribution in [0.3, 0.4) is 0 Å². The van der Waals surface area contributed by atoms with E-state index in [1.807, 2.05) is 4.90 Å². The predicted octanol–water partition coefficient (Wildman–Crippen LogP) is 0.803. The van der Waals surface area contributed by atoms with Crippen molar-refractivity contribution < 1.29 is 18.1 Å². The van der Waals surface area contributed by atoms with Gasteiger partial charge in [0.1, 0.15) is 0 Å². The monoisotopic (exact) mass is 301 g/mol. The van der Waals surface area contributed by atoms with Crippen molar-refractivity contribution in [2.24, 2.45) is 0 Å². The van der Waals surface area contributed by atoms with Crippen LogP contribution in [0.15, 0.2) is 18.2 Å². The average molecular weight is 301 g/mol. The van der Waals surface area contributed by atoms with Crippen LogP contribution in [0.2, 0.25) is 0 Å². The SMILES string of the molecule is CS(=O)(=O)Nc1cc([N+](=O)[O-])ccc1N1CCOCC1. The highest BCUT2D eigenvalue weighted by Crippen LogP contribution is 2.31. The molecule has 0 aliphatic carbocycles. The summed E-state index contributed by atoms with van der Waals surface area (Å²) in [7, 11) is -3.51. The van der Waals surface area contributed by atoms with E-state index < -0.39 is 14.9 Å². The van der Waals surface area contributed by atoms with Gasteiger partial charge in [0.05, 0.1) is 35.8 Å². The number of nitro benzene ring substituents is 1. The average Bonchev–Trinajstić information content (AvgIpc) is 2.37. The van der Waals surface area contributed by atoms with E-state index in [2.05, 4.69) is 4.72 Å². The molecule has 8 nitrogen and oxygen atoms in total. The lowest BCUT2D eigenvalue weighted by Gasteiger charge is -2.30. The number of rotatable bonds is 4. The second kappa shape index (κ2) is 5.63. The molecule has 0 aromatic heterocycles. The highest BCUT2D eigenvalue weighted by atomic mass is 32.2. The number of ether oxygens (including phenoxy) is 1. The summed E-state index contributed by atoms with van der Waals surface area (Å²) in [6.45, 7) is 2.29. The molecule has 2 rings (SSSR count). The van der Waals surface area contributed by atoms with Gasteiger partial charge >= 0.3 is 0 Å². The van der Waals surface area contributed by atoms with Gasteiger partial charge in [-0.3, -0.25) is 14.8 Å². The fourth-order valence-corrected chi connectivity index (χ4v) is 2.56. The molecule has 0 radical (unpaired) electrons. The number of non-ortho nitro benzene ring substituents is 1. The Hall–Kier alpha value is -1.87. The lowest BCUT2D eigenvalue weighted by atomic mass is 10.2. The number of nitro groups is 1. The topological polar surface area (TPSA) is 102 Å². The zero-order valence-electron chi connectivity index (χ0n) is 10.9. The highest BCUT2D eigenvalue weighted by Gasteiger charge is 2.19. The molecule has 0 unspecified atom stereocenters. The minimum Gasteiger partial charge on any atom is -0.378 e. The van der Waals surface area contributed by atoms with Gasteiger partial charge in [0.2, 0.25) is 10.0 Å². The summed E-state index contributed by atoms with van der Waals surface area (Å²) >= 11 is 0. The molecule has 0 saturated carbocycles. The van der Waals surface area contributed by atoms with E-state index in [0.717, 1.165) is 6.26 Å². The Kier molecular flexibility index (Phi) is 4.09. The van der Waals surface area contributed by atoms with Gasteiger partial charge in [0.25, 0.3) is 5.69 Å². The normalized spacial score (nSPS) is 15.9. The summed E-state index contributed by atoms with van der Waals surface area (Å²) in [5.41, 5.74) is 0.668. The Labute approximate surface area is 116 Å². The van der Waals surface area contributed by atoms with Gasteiger partial charge in [-0.05, 0) is 6.07 Å². The maximum absolute atomic E-state index is 11.4. The molecule has 1 aliphatic rings. The maximum Gasteiger partial charge on any atom is 0.271 e. The third kappa shape index (κ3) is 3.58. The lowest BCUT2D eigenvalue weighted by molar-refractivity contribution is -0.384. The van der Waals surface area contributed by atoms with Gasteiger partial charge < -0.3 is 9.64 Å². The maximum atomic E-state index is 11.4. The molecule has 1 fully saturated rings. The summed E-state index contributed by atoms with van der Waals surface area (Å²) in [4.78, 5) is 12.2. The van der Waals surface area contributed by atoms with Crippen molar-refractivity contribution in [3.63, 3.8) is 0 Å². The second-order valence-corrected chi connectivity index (χ2v) is 6.18. The van der Waals surface area contributed by atoms with Crippen molar-refractivity contribution in [3.8, 4) is 0 Å². The smallest absolute Gasteiger partial charge is 0.271 e. The van der Waals surface area contributed by atoms with E-state index in [9.17, 15) is 18.5 Å². The van der Waals surface area contributed by atoms with E-state index in [4.69, 9.17) is 4.74 Å². The molecule has 0 atom stereocenters. The second-order valence-electron chi connectivity index (χ2n) is 4.43. The number of anilines is 2. The van der Waals surface area contributed by atoms with Crippen molar-refractivity contribution in [3.05, 3.63) is 28.3 Å². The van der Waals surface area contributed by atoms with E-state index in [1.54, 1.807) is 6.07 Å². The van der Waals surface area contributed by atoms with Crippen LogP contribution in [0, 0.1) is 10.1 Å². The summed E-state index contributed by atoms with van der Waals surface area (Å²) in [6.07, 6.45) is 1.01. The Balaban J connectivity index is 2.40. The van der Waals surface area contributed by atoms with Crippen molar-refractivity contribution >= 4 is 27.1 Å². The largest absolute Gasteiger partial charge is 0.378 e. The molecule has 1 aliphatic heterocycles. The van der Waals surface area contributed by atoms with Crippen LogP contribution >= 0.6 is 0 Å². The Bertz CT molecular complexity index is 610. The van der Waals surface area contributed by atoms with Crippen LogP contribution in [0.1, 0.15) is 0 Å². The van der Waals surface area contributed by atoms with E-state index in [0.29, 0.717) is 32.0 Å². The zero-order chi connectivity index (χ0) is 14.8. The molecule has 1 aromatic carbocycles. The first-order valence-electron chi connectivity index (χ1n) is 5.96. The highest BCUT2D eigenvalue weighted by molar-refractivity contribution is 7.92. The fraction of sp³-hybridized carbons (Fsp3) is 0.455. The molecule has 1 aromatic rings. The summed E-state index contributed by atoms with van der Waals surface area (Å²) in [5.74, 6) is 0. The lowest BCUT2D eigenvalue weighted by Crippen LogP contribution is -2.36. The number of sulfonamides is 1. The molecule has 9 heteroatoms. The van der Waals surface area contributed by atoms with E-state index in [-0.39, 0.29) is 11.4 Å². The van der Waals surface area contributed by atoms with E-state index in [1.165, 1.54) is 12.1 Å². The first-order valence-corrected chi connectivity index (χ1v) is 7.85. The summed E-state index contributed by atoms with van der Waals surface area (Å²) in [5, 5.41) is 10.8. The standard InChI is InChI=1S/C11H15N3O5S/c1-20(17,18)12-10-8-9(14(15)16)2-3-11(10)13-4-6-19-7-5-13/h2-3,8,12H,4-7H2,1H3. The molecule has 1 N–H and O–H groups in total. The predicted molar refractivity (Wildman–Crippen MR) is 74.6 cm³/mol. The summed E-state index contributed by atoms with van der Waals surface area (Å²) < 4.78 is 30.3. The zero-order valence-corrected chi connectivity index (χ0v) is 11.7. The van der Waals surface area contributed by atoms with Crippen molar-refractivity contribution in [1.29, 1.82) is 0 Å². The van der Waals surface area contributed by atoms with Crippen LogP contribution in [0.25, 0.3) is 0 Å². The van der Waals surface area contributed by atoms with Gasteiger partial charge in [-0.25, -0.2) is 8.42 Å². The van der Waals surface area contributed by atoms with Crippen molar-refractivity contribution in [2.75, 3.05) is 42.2 Å². The number of benzene rings is 1. The van der Waals surface area contributed by atoms with Gasteiger partial charge in [0, 0.05) is 25.2 Å². The summed E-state index contributed by atoms with van der Waals surface area (Å²) in [6, 6.07) is 4.14. The molecule has 0 bridgehead atoms. The molecule has 1 heterocycles. The van der Waals surface area contributed by atoms with Gasteiger partial charge in [-0.1, -0.05) is 0 Å². The molecule has 110 valence electrons. The van der Waals surface area contributed by atoms with E-state index >= 15 is 0 Å². The molecular weight excluding hydrogens is 286 g/mol. The van der Waals surface area contributed by atoms with Gasteiger partial charge in [-0.15, -0.1) is 0 Å². The third-order valence-electron chi connectivity index (χ3n) is 2.84. The van der Waals surface area contributed by atoms with Crippen LogP contribution in [-0.2, 0) is 14.8 Å². The molecular formula is C11H15N3O5S. The first kappa shape index (κ1) is 14.5. The molecule has 0 amide bonds. The van der Waals surface area contributed by atoms with Gasteiger partial charge in [-0.2, -0.15) is 0 Å².